The van der Waals surface area contributed by atoms with Gasteiger partial charge in [-0.25, -0.2) is 4.98 Å². The van der Waals surface area contributed by atoms with E-state index in [1.807, 2.05) is 25.3 Å². The van der Waals surface area contributed by atoms with E-state index < -0.39 is 0 Å². The molecule has 1 atom stereocenters. The van der Waals surface area contributed by atoms with Crippen LogP contribution in [0.25, 0.3) is 0 Å². The zero-order valence-electron chi connectivity index (χ0n) is 12.0. The summed E-state index contributed by atoms with van der Waals surface area (Å²) >= 11 is 0. The van der Waals surface area contributed by atoms with E-state index in [-0.39, 0.29) is 5.92 Å². The highest BCUT2D eigenvalue weighted by Gasteiger charge is 2.13. The highest BCUT2D eigenvalue weighted by molar-refractivity contribution is 5.31. The Morgan fingerprint density at radius 3 is 2.53 bits per heavy atom. The molecule has 2 heterocycles. The van der Waals surface area contributed by atoms with Crippen LogP contribution in [0.15, 0.2) is 30.5 Å². The molecule has 0 saturated heterocycles. The molecule has 0 radical (unpaired) electrons. The van der Waals surface area contributed by atoms with E-state index in [2.05, 4.69) is 42.9 Å². The number of pyridine rings is 2. The standard InChI is InChI=1S/C16H20N2O/c1-5-19-16-10-12(3)9-15(18-16)13(4)14-8-11(2)6-7-17-14/h6-10,13H,5H2,1-4H3. The Morgan fingerprint density at radius 2 is 1.84 bits per heavy atom. The molecule has 0 aromatic carbocycles. The molecule has 19 heavy (non-hydrogen) atoms. The molecule has 3 nitrogen and oxygen atoms in total. The number of ether oxygens (including phenoxy) is 1. The van der Waals surface area contributed by atoms with Gasteiger partial charge in [-0.2, -0.15) is 0 Å². The maximum Gasteiger partial charge on any atom is 0.213 e. The average molecular weight is 256 g/mol. The largest absolute Gasteiger partial charge is 0.478 e. The molecule has 0 aliphatic rings. The monoisotopic (exact) mass is 256 g/mol. The van der Waals surface area contributed by atoms with Gasteiger partial charge in [0.1, 0.15) is 0 Å². The molecule has 0 fully saturated rings. The molecule has 2 aromatic rings. The zero-order chi connectivity index (χ0) is 13.8. The van der Waals surface area contributed by atoms with Crippen LogP contribution >= 0.6 is 0 Å². The summed E-state index contributed by atoms with van der Waals surface area (Å²) in [5, 5.41) is 0. The molecule has 0 N–H and O–H groups in total. The Bertz CT molecular complexity index is 566. The summed E-state index contributed by atoms with van der Waals surface area (Å²) < 4.78 is 5.51. The minimum Gasteiger partial charge on any atom is -0.478 e. The molecule has 2 aromatic heterocycles. The smallest absolute Gasteiger partial charge is 0.213 e. The normalized spacial score (nSPS) is 12.2. The fourth-order valence-corrected chi connectivity index (χ4v) is 2.05. The van der Waals surface area contributed by atoms with Crippen molar-refractivity contribution in [2.45, 2.75) is 33.6 Å². The third-order valence-corrected chi connectivity index (χ3v) is 3.08. The van der Waals surface area contributed by atoms with Crippen molar-refractivity contribution in [3.05, 3.63) is 53.0 Å². The molecule has 2 rings (SSSR count). The molecular formula is C16H20N2O. The number of aryl methyl sites for hydroxylation is 2. The van der Waals surface area contributed by atoms with E-state index in [1.54, 1.807) is 0 Å². The van der Waals surface area contributed by atoms with Crippen LogP contribution < -0.4 is 4.74 Å². The van der Waals surface area contributed by atoms with Crippen LogP contribution in [-0.2, 0) is 0 Å². The van der Waals surface area contributed by atoms with Crippen molar-refractivity contribution in [3.63, 3.8) is 0 Å². The average Bonchev–Trinajstić information content (AvgIpc) is 2.37. The summed E-state index contributed by atoms with van der Waals surface area (Å²) in [7, 11) is 0. The van der Waals surface area contributed by atoms with Crippen LogP contribution in [0, 0.1) is 13.8 Å². The van der Waals surface area contributed by atoms with Gasteiger partial charge in [-0.05, 0) is 50.1 Å². The molecule has 0 saturated carbocycles. The molecule has 0 aliphatic carbocycles. The van der Waals surface area contributed by atoms with Gasteiger partial charge < -0.3 is 4.74 Å². The number of hydrogen-bond acceptors (Lipinski definition) is 3. The van der Waals surface area contributed by atoms with Gasteiger partial charge in [-0.15, -0.1) is 0 Å². The van der Waals surface area contributed by atoms with Crippen LogP contribution in [0.4, 0.5) is 0 Å². The molecular weight excluding hydrogens is 236 g/mol. The maximum atomic E-state index is 5.51. The fourth-order valence-electron chi connectivity index (χ4n) is 2.05. The van der Waals surface area contributed by atoms with E-state index >= 15 is 0 Å². The van der Waals surface area contributed by atoms with E-state index in [9.17, 15) is 0 Å². The second-order valence-corrected chi connectivity index (χ2v) is 4.82. The van der Waals surface area contributed by atoms with E-state index in [0.717, 1.165) is 17.0 Å². The second kappa shape index (κ2) is 5.83. The first-order chi connectivity index (χ1) is 9.10. The lowest BCUT2D eigenvalue weighted by atomic mass is 10.00. The van der Waals surface area contributed by atoms with Crippen LogP contribution in [0.5, 0.6) is 5.88 Å². The van der Waals surface area contributed by atoms with Gasteiger partial charge >= 0.3 is 0 Å². The van der Waals surface area contributed by atoms with Crippen molar-refractivity contribution in [2.75, 3.05) is 6.61 Å². The van der Waals surface area contributed by atoms with Gasteiger partial charge in [0.05, 0.1) is 12.3 Å². The van der Waals surface area contributed by atoms with E-state index in [1.165, 1.54) is 5.56 Å². The van der Waals surface area contributed by atoms with Gasteiger partial charge in [-0.1, -0.05) is 6.92 Å². The van der Waals surface area contributed by atoms with E-state index in [4.69, 9.17) is 4.74 Å². The zero-order valence-corrected chi connectivity index (χ0v) is 12.0. The number of hydrogen-bond donors (Lipinski definition) is 0. The predicted molar refractivity (Wildman–Crippen MR) is 76.6 cm³/mol. The summed E-state index contributed by atoms with van der Waals surface area (Å²) in [6.45, 7) is 8.86. The molecule has 0 bridgehead atoms. The summed E-state index contributed by atoms with van der Waals surface area (Å²) in [5.41, 5.74) is 4.42. The Morgan fingerprint density at radius 1 is 1.11 bits per heavy atom. The van der Waals surface area contributed by atoms with Crippen molar-refractivity contribution < 1.29 is 4.74 Å². The lowest BCUT2D eigenvalue weighted by Crippen LogP contribution is -2.04. The minimum atomic E-state index is 0.166. The number of nitrogens with zero attached hydrogens (tertiary/aromatic N) is 2. The molecule has 3 heteroatoms. The first-order valence-electron chi connectivity index (χ1n) is 6.64. The first-order valence-corrected chi connectivity index (χ1v) is 6.64. The predicted octanol–water partition coefficient (Wildman–Crippen LogP) is 3.64. The Balaban J connectivity index is 2.35. The highest BCUT2D eigenvalue weighted by Crippen LogP contribution is 2.24. The third-order valence-electron chi connectivity index (χ3n) is 3.08. The summed E-state index contributed by atoms with van der Waals surface area (Å²) in [6.07, 6.45) is 1.85. The Hall–Kier alpha value is -1.90. The van der Waals surface area contributed by atoms with Gasteiger partial charge in [-0.3, -0.25) is 4.98 Å². The summed E-state index contributed by atoms with van der Waals surface area (Å²) in [5.74, 6) is 0.857. The topological polar surface area (TPSA) is 35.0 Å². The first kappa shape index (κ1) is 13.5. The Kier molecular flexibility index (Phi) is 4.15. The minimum absolute atomic E-state index is 0.166. The highest BCUT2D eigenvalue weighted by atomic mass is 16.5. The quantitative estimate of drug-likeness (QED) is 0.837. The summed E-state index contributed by atoms with van der Waals surface area (Å²) in [6, 6.07) is 8.17. The third kappa shape index (κ3) is 3.31. The van der Waals surface area contributed by atoms with Gasteiger partial charge in [0, 0.05) is 23.9 Å². The van der Waals surface area contributed by atoms with Crippen LogP contribution in [-0.4, -0.2) is 16.6 Å². The molecule has 0 amide bonds. The Labute approximate surface area is 114 Å². The fraction of sp³-hybridized carbons (Fsp3) is 0.375. The van der Waals surface area contributed by atoms with Gasteiger partial charge in [0.25, 0.3) is 0 Å². The number of aromatic nitrogens is 2. The van der Waals surface area contributed by atoms with Crippen molar-refractivity contribution in [1.82, 2.24) is 9.97 Å². The lowest BCUT2D eigenvalue weighted by molar-refractivity contribution is 0.325. The van der Waals surface area contributed by atoms with Gasteiger partial charge in [0.15, 0.2) is 0 Å². The van der Waals surface area contributed by atoms with Crippen LogP contribution in [0.3, 0.4) is 0 Å². The number of rotatable bonds is 4. The molecule has 1 unspecified atom stereocenters. The van der Waals surface area contributed by atoms with Crippen molar-refractivity contribution >= 4 is 0 Å². The van der Waals surface area contributed by atoms with Crippen LogP contribution in [0.1, 0.15) is 42.3 Å². The van der Waals surface area contributed by atoms with Crippen molar-refractivity contribution in [1.29, 1.82) is 0 Å². The second-order valence-electron chi connectivity index (χ2n) is 4.82. The SMILES string of the molecule is CCOc1cc(C)cc(C(C)c2cc(C)ccn2)n1. The van der Waals surface area contributed by atoms with Gasteiger partial charge in [0.2, 0.25) is 5.88 Å². The molecule has 0 spiro atoms. The molecule has 0 aliphatic heterocycles. The van der Waals surface area contributed by atoms with Crippen molar-refractivity contribution in [3.8, 4) is 5.88 Å². The van der Waals surface area contributed by atoms with E-state index in [0.29, 0.717) is 12.5 Å². The van der Waals surface area contributed by atoms with Crippen LogP contribution in [0.2, 0.25) is 0 Å². The lowest BCUT2D eigenvalue weighted by Gasteiger charge is -2.13. The molecule has 100 valence electrons. The maximum absolute atomic E-state index is 5.51. The van der Waals surface area contributed by atoms with Crippen molar-refractivity contribution in [2.24, 2.45) is 0 Å². The summed E-state index contributed by atoms with van der Waals surface area (Å²) in [4.78, 5) is 9.01.